The number of pyridine rings is 1. The number of halogens is 1. The molecule has 1 atom stereocenters. The molecule has 1 amide bonds. The van der Waals surface area contributed by atoms with Crippen LogP contribution < -0.4 is 5.32 Å². The first-order valence-electron chi connectivity index (χ1n) is 6.84. The van der Waals surface area contributed by atoms with Crippen LogP contribution in [0.2, 0.25) is 0 Å². The highest BCUT2D eigenvalue weighted by molar-refractivity contribution is 9.10. The van der Waals surface area contributed by atoms with Gasteiger partial charge in [-0.05, 0) is 53.9 Å². The van der Waals surface area contributed by atoms with Crippen LogP contribution in [0.3, 0.4) is 0 Å². The molecule has 1 aliphatic rings. The molecule has 0 bridgehead atoms. The minimum atomic E-state index is 0.0233. The van der Waals surface area contributed by atoms with Crippen LogP contribution in [0.25, 0.3) is 0 Å². The molecule has 1 aliphatic heterocycles. The molecule has 1 aromatic rings. The average Bonchev–Trinajstić information content (AvgIpc) is 2.42. The molecule has 1 saturated heterocycles. The summed E-state index contributed by atoms with van der Waals surface area (Å²) in [5.41, 5.74) is 0. The highest BCUT2D eigenvalue weighted by Crippen LogP contribution is 2.19. The molecule has 4 nitrogen and oxygen atoms in total. The van der Waals surface area contributed by atoms with Gasteiger partial charge < -0.3 is 5.32 Å². The maximum atomic E-state index is 12.0. The lowest BCUT2D eigenvalue weighted by atomic mass is 10.0. The molecule has 0 spiro atoms. The van der Waals surface area contributed by atoms with E-state index in [1.54, 1.807) is 12.3 Å². The topological polar surface area (TPSA) is 45.2 Å². The van der Waals surface area contributed by atoms with Crippen LogP contribution in [0.1, 0.15) is 32.6 Å². The smallest absolute Gasteiger partial charge is 0.239 e. The molecule has 1 unspecified atom stereocenters. The molecule has 1 aromatic heterocycles. The number of nitrogens with one attached hydrogen (secondary N) is 1. The Bertz CT molecular complexity index is 421. The van der Waals surface area contributed by atoms with Crippen molar-refractivity contribution in [3.63, 3.8) is 0 Å². The van der Waals surface area contributed by atoms with E-state index in [0.717, 1.165) is 17.4 Å². The summed E-state index contributed by atoms with van der Waals surface area (Å²) in [7, 11) is 0. The van der Waals surface area contributed by atoms with Gasteiger partial charge in [-0.1, -0.05) is 13.3 Å². The first-order chi connectivity index (χ1) is 9.19. The number of carbonyl (C=O) groups excluding carboxylic acids is 1. The van der Waals surface area contributed by atoms with Gasteiger partial charge in [0.25, 0.3) is 0 Å². The van der Waals surface area contributed by atoms with Gasteiger partial charge in [0.2, 0.25) is 5.91 Å². The maximum Gasteiger partial charge on any atom is 0.239 e. The molecule has 5 heteroatoms. The average molecular weight is 326 g/mol. The van der Waals surface area contributed by atoms with Crippen LogP contribution in [0.15, 0.2) is 22.8 Å². The lowest BCUT2D eigenvalue weighted by molar-refractivity contribution is -0.118. The van der Waals surface area contributed by atoms with E-state index in [2.05, 4.69) is 38.1 Å². The molecule has 2 heterocycles. The fourth-order valence-corrected chi connectivity index (χ4v) is 2.78. The lowest BCUT2D eigenvalue weighted by Gasteiger charge is -2.34. The van der Waals surface area contributed by atoms with Crippen molar-refractivity contribution >= 4 is 27.7 Å². The van der Waals surface area contributed by atoms with Crippen molar-refractivity contribution in [1.82, 2.24) is 9.88 Å². The van der Waals surface area contributed by atoms with Crippen LogP contribution in [0.4, 0.5) is 5.82 Å². The molecule has 0 radical (unpaired) electrons. The number of aromatic nitrogens is 1. The molecule has 104 valence electrons. The first kappa shape index (κ1) is 14.5. The second kappa shape index (κ2) is 7.01. The van der Waals surface area contributed by atoms with E-state index in [1.807, 2.05) is 6.07 Å². The summed E-state index contributed by atoms with van der Waals surface area (Å²) in [6, 6.07) is 4.23. The highest BCUT2D eigenvalue weighted by Gasteiger charge is 2.22. The summed E-state index contributed by atoms with van der Waals surface area (Å²) < 4.78 is 0.910. The van der Waals surface area contributed by atoms with E-state index in [0.29, 0.717) is 18.4 Å². The Kier molecular flexibility index (Phi) is 5.34. The second-order valence-electron chi connectivity index (χ2n) is 4.94. The molecule has 0 aromatic carbocycles. The van der Waals surface area contributed by atoms with Crippen molar-refractivity contribution in [2.45, 2.75) is 38.6 Å². The Hall–Kier alpha value is -0.940. The largest absolute Gasteiger partial charge is 0.310 e. The number of hydrogen-bond acceptors (Lipinski definition) is 3. The molecular formula is C14H20BrN3O. The second-order valence-corrected chi connectivity index (χ2v) is 5.85. The summed E-state index contributed by atoms with van der Waals surface area (Å²) >= 11 is 3.33. The van der Waals surface area contributed by atoms with E-state index in [1.165, 1.54) is 19.3 Å². The van der Waals surface area contributed by atoms with Crippen molar-refractivity contribution in [3.05, 3.63) is 22.8 Å². The quantitative estimate of drug-likeness (QED) is 0.925. The van der Waals surface area contributed by atoms with E-state index < -0.39 is 0 Å². The minimum absolute atomic E-state index is 0.0233. The molecule has 1 fully saturated rings. The predicted molar refractivity (Wildman–Crippen MR) is 80.1 cm³/mol. The Morgan fingerprint density at radius 2 is 2.37 bits per heavy atom. The summed E-state index contributed by atoms with van der Waals surface area (Å²) in [5.74, 6) is 0.633. The van der Waals surface area contributed by atoms with Crippen LogP contribution >= 0.6 is 15.9 Å². The van der Waals surface area contributed by atoms with Crippen molar-refractivity contribution in [2.24, 2.45) is 0 Å². The van der Waals surface area contributed by atoms with Gasteiger partial charge in [0, 0.05) is 16.7 Å². The van der Waals surface area contributed by atoms with Gasteiger partial charge >= 0.3 is 0 Å². The Morgan fingerprint density at radius 1 is 1.53 bits per heavy atom. The van der Waals surface area contributed by atoms with E-state index >= 15 is 0 Å². The summed E-state index contributed by atoms with van der Waals surface area (Å²) in [6.07, 6.45) is 6.49. The predicted octanol–water partition coefficient (Wildman–Crippen LogP) is 3.05. The SMILES string of the molecule is CCC1CCCCN1CC(=O)Nc1ccc(Br)cn1. The van der Waals surface area contributed by atoms with Gasteiger partial charge in [-0.15, -0.1) is 0 Å². The minimum Gasteiger partial charge on any atom is -0.310 e. The fraction of sp³-hybridized carbons (Fsp3) is 0.571. The number of rotatable bonds is 4. The molecular weight excluding hydrogens is 306 g/mol. The van der Waals surface area contributed by atoms with Gasteiger partial charge in [0.15, 0.2) is 0 Å². The number of piperidine rings is 1. The van der Waals surface area contributed by atoms with E-state index in [4.69, 9.17) is 0 Å². The summed E-state index contributed by atoms with van der Waals surface area (Å²) in [6.45, 7) is 3.69. The summed E-state index contributed by atoms with van der Waals surface area (Å²) in [4.78, 5) is 18.5. The van der Waals surface area contributed by atoms with E-state index in [-0.39, 0.29) is 5.91 Å². The Morgan fingerprint density at radius 3 is 3.05 bits per heavy atom. The number of nitrogens with zero attached hydrogens (tertiary/aromatic N) is 2. The van der Waals surface area contributed by atoms with Crippen LogP contribution in [0, 0.1) is 0 Å². The third kappa shape index (κ3) is 4.28. The monoisotopic (exact) mass is 325 g/mol. The normalized spacial score (nSPS) is 20.2. The summed E-state index contributed by atoms with van der Waals surface area (Å²) in [5, 5.41) is 2.85. The molecule has 2 rings (SSSR count). The third-order valence-corrected chi connectivity index (χ3v) is 4.03. The fourth-order valence-electron chi connectivity index (χ4n) is 2.55. The number of amides is 1. The van der Waals surface area contributed by atoms with Crippen LogP contribution in [0.5, 0.6) is 0 Å². The standard InChI is InChI=1S/C14H20BrN3O/c1-2-12-5-3-4-8-18(12)10-14(19)17-13-7-6-11(15)9-16-13/h6-7,9,12H,2-5,8,10H2,1H3,(H,16,17,19). The zero-order chi connectivity index (χ0) is 13.7. The van der Waals surface area contributed by atoms with Crippen molar-refractivity contribution < 1.29 is 4.79 Å². The van der Waals surface area contributed by atoms with Crippen molar-refractivity contribution in [1.29, 1.82) is 0 Å². The number of hydrogen-bond donors (Lipinski definition) is 1. The van der Waals surface area contributed by atoms with Crippen molar-refractivity contribution in [2.75, 3.05) is 18.4 Å². The lowest BCUT2D eigenvalue weighted by Crippen LogP contribution is -2.43. The molecule has 19 heavy (non-hydrogen) atoms. The number of likely N-dealkylation sites (tertiary alicyclic amines) is 1. The van der Waals surface area contributed by atoms with Gasteiger partial charge in [0.1, 0.15) is 5.82 Å². The molecule has 0 saturated carbocycles. The van der Waals surface area contributed by atoms with Gasteiger partial charge in [-0.3, -0.25) is 9.69 Å². The van der Waals surface area contributed by atoms with Gasteiger partial charge in [0.05, 0.1) is 6.54 Å². The van der Waals surface area contributed by atoms with Crippen molar-refractivity contribution in [3.8, 4) is 0 Å². The first-order valence-corrected chi connectivity index (χ1v) is 7.64. The zero-order valence-corrected chi connectivity index (χ0v) is 12.8. The van der Waals surface area contributed by atoms with Gasteiger partial charge in [-0.2, -0.15) is 0 Å². The zero-order valence-electron chi connectivity index (χ0n) is 11.2. The molecule has 1 N–H and O–H groups in total. The molecule has 0 aliphatic carbocycles. The Balaban J connectivity index is 1.88. The van der Waals surface area contributed by atoms with Crippen LogP contribution in [-0.2, 0) is 4.79 Å². The van der Waals surface area contributed by atoms with E-state index in [9.17, 15) is 4.79 Å². The third-order valence-electron chi connectivity index (χ3n) is 3.56. The van der Waals surface area contributed by atoms with Crippen LogP contribution in [-0.4, -0.2) is 34.9 Å². The van der Waals surface area contributed by atoms with Gasteiger partial charge in [-0.25, -0.2) is 4.98 Å². The highest BCUT2D eigenvalue weighted by atomic mass is 79.9. The maximum absolute atomic E-state index is 12.0. The Labute approximate surface area is 122 Å². The number of carbonyl (C=O) groups is 1. The number of anilines is 1.